The van der Waals surface area contributed by atoms with Crippen LogP contribution in [0.3, 0.4) is 0 Å². The number of carbonyl (C=O) groups excluding carboxylic acids is 1. The van der Waals surface area contributed by atoms with Crippen molar-refractivity contribution < 1.29 is 23.5 Å². The molecule has 0 saturated carbocycles. The third kappa shape index (κ3) is 4.47. The number of rotatable bonds is 8. The molecule has 0 radical (unpaired) electrons. The van der Waals surface area contributed by atoms with E-state index in [1.54, 1.807) is 44.4 Å². The Morgan fingerprint density at radius 3 is 2.45 bits per heavy atom. The monoisotopic (exact) mass is 423 g/mol. The van der Waals surface area contributed by atoms with E-state index in [1.807, 2.05) is 24.3 Å². The van der Waals surface area contributed by atoms with Gasteiger partial charge in [-0.05, 0) is 36.2 Å². The van der Waals surface area contributed by atoms with E-state index < -0.39 is 0 Å². The lowest BCUT2D eigenvalue weighted by atomic mass is 10.1. The fourth-order valence-electron chi connectivity index (χ4n) is 3.70. The van der Waals surface area contributed by atoms with Crippen LogP contribution in [0.5, 0.6) is 17.2 Å². The van der Waals surface area contributed by atoms with Gasteiger partial charge >= 0.3 is 0 Å². The number of ether oxygens (including phenoxy) is 3. The van der Waals surface area contributed by atoms with Gasteiger partial charge in [0, 0.05) is 31.4 Å². The second kappa shape index (κ2) is 9.07. The summed E-state index contributed by atoms with van der Waals surface area (Å²) >= 11 is 0. The summed E-state index contributed by atoms with van der Waals surface area (Å²) in [6.07, 6.45) is 1.73. The van der Waals surface area contributed by atoms with Crippen LogP contribution in [-0.2, 0) is 17.6 Å². The second-order valence-corrected chi connectivity index (χ2v) is 7.34. The van der Waals surface area contributed by atoms with Crippen molar-refractivity contribution in [2.24, 2.45) is 0 Å². The first-order valence-corrected chi connectivity index (χ1v) is 10.1. The minimum absolute atomic E-state index is 0.0128. The van der Waals surface area contributed by atoms with Crippen molar-refractivity contribution in [2.45, 2.75) is 25.2 Å². The van der Waals surface area contributed by atoms with Crippen LogP contribution < -0.4 is 19.1 Å². The van der Waals surface area contributed by atoms with Crippen LogP contribution in [0.25, 0.3) is 0 Å². The Labute approximate surface area is 180 Å². The molecule has 0 N–H and O–H groups in total. The Bertz CT molecular complexity index is 1050. The van der Waals surface area contributed by atoms with Crippen LogP contribution >= 0.6 is 0 Å². The van der Waals surface area contributed by atoms with E-state index in [0.29, 0.717) is 48.3 Å². The molecule has 1 atom stereocenters. The predicted molar refractivity (Wildman–Crippen MR) is 114 cm³/mol. The van der Waals surface area contributed by atoms with Gasteiger partial charge in [-0.1, -0.05) is 17.3 Å². The van der Waals surface area contributed by atoms with Gasteiger partial charge in [-0.3, -0.25) is 4.79 Å². The molecule has 31 heavy (non-hydrogen) atoms. The molecule has 1 aliphatic heterocycles. The van der Waals surface area contributed by atoms with Crippen molar-refractivity contribution in [3.05, 3.63) is 59.7 Å². The quantitative estimate of drug-likeness (QED) is 0.549. The molecule has 162 valence electrons. The molecule has 3 aromatic rings. The van der Waals surface area contributed by atoms with Gasteiger partial charge in [0.05, 0.1) is 27.0 Å². The third-order valence-electron chi connectivity index (χ3n) is 5.44. The Kier molecular flexibility index (Phi) is 6.06. The van der Waals surface area contributed by atoms with Crippen LogP contribution in [0, 0.1) is 0 Å². The van der Waals surface area contributed by atoms with Gasteiger partial charge in [-0.25, -0.2) is 0 Å². The summed E-state index contributed by atoms with van der Waals surface area (Å²) in [6.45, 7) is 0.458. The van der Waals surface area contributed by atoms with Gasteiger partial charge in [-0.2, -0.15) is 4.98 Å². The van der Waals surface area contributed by atoms with E-state index in [2.05, 4.69) is 10.1 Å². The molecule has 4 rings (SSSR count). The molecule has 1 unspecified atom stereocenters. The zero-order valence-corrected chi connectivity index (χ0v) is 17.8. The lowest BCUT2D eigenvalue weighted by Gasteiger charge is -2.20. The van der Waals surface area contributed by atoms with E-state index in [-0.39, 0.29) is 11.8 Å². The minimum Gasteiger partial charge on any atom is -0.497 e. The summed E-state index contributed by atoms with van der Waals surface area (Å²) < 4.78 is 21.4. The van der Waals surface area contributed by atoms with Gasteiger partial charge in [-0.15, -0.1) is 0 Å². The highest BCUT2D eigenvalue weighted by molar-refractivity contribution is 5.98. The SMILES string of the molecule is COc1ccc(CCc2nc(C3CC(=O)N(c4cc(OC)ccc4OC)C3)no2)cc1. The largest absolute Gasteiger partial charge is 0.497 e. The number of amides is 1. The molecule has 0 aliphatic carbocycles. The third-order valence-corrected chi connectivity index (χ3v) is 5.44. The van der Waals surface area contributed by atoms with Gasteiger partial charge in [0.15, 0.2) is 5.82 Å². The highest BCUT2D eigenvalue weighted by atomic mass is 16.5. The molecular formula is C23H25N3O5. The lowest BCUT2D eigenvalue weighted by molar-refractivity contribution is -0.117. The fourth-order valence-corrected chi connectivity index (χ4v) is 3.70. The summed E-state index contributed by atoms with van der Waals surface area (Å²) in [7, 11) is 4.82. The van der Waals surface area contributed by atoms with Gasteiger partial charge in [0.2, 0.25) is 11.8 Å². The fraction of sp³-hybridized carbons (Fsp3) is 0.348. The summed E-state index contributed by atoms with van der Waals surface area (Å²) in [4.78, 5) is 19.0. The van der Waals surface area contributed by atoms with Crippen molar-refractivity contribution in [3.63, 3.8) is 0 Å². The number of hydrogen-bond acceptors (Lipinski definition) is 7. The molecule has 1 aliphatic rings. The smallest absolute Gasteiger partial charge is 0.227 e. The molecule has 1 saturated heterocycles. The number of benzene rings is 2. The van der Waals surface area contributed by atoms with Crippen molar-refractivity contribution in [2.75, 3.05) is 32.8 Å². The molecule has 1 amide bonds. The molecule has 8 heteroatoms. The van der Waals surface area contributed by atoms with E-state index in [1.165, 1.54) is 0 Å². The summed E-state index contributed by atoms with van der Waals surface area (Å²) in [5, 5.41) is 4.14. The van der Waals surface area contributed by atoms with E-state index in [0.717, 1.165) is 17.7 Å². The minimum atomic E-state index is -0.137. The second-order valence-electron chi connectivity index (χ2n) is 7.34. The molecule has 2 heterocycles. The Balaban J connectivity index is 1.43. The number of carbonyl (C=O) groups is 1. The number of nitrogens with zero attached hydrogens (tertiary/aromatic N) is 3. The van der Waals surface area contributed by atoms with E-state index in [4.69, 9.17) is 18.7 Å². The topological polar surface area (TPSA) is 86.9 Å². The zero-order valence-electron chi connectivity index (χ0n) is 17.8. The molecule has 1 aromatic heterocycles. The van der Waals surface area contributed by atoms with E-state index >= 15 is 0 Å². The number of anilines is 1. The first kappa shape index (κ1) is 20.7. The Morgan fingerprint density at radius 1 is 1.00 bits per heavy atom. The highest BCUT2D eigenvalue weighted by Crippen LogP contribution is 2.38. The number of aryl methyl sites for hydroxylation is 2. The van der Waals surface area contributed by atoms with Crippen LogP contribution in [-0.4, -0.2) is 43.9 Å². The Hall–Kier alpha value is -3.55. The average Bonchev–Trinajstić information content (AvgIpc) is 3.44. The maximum atomic E-state index is 12.7. The molecule has 8 nitrogen and oxygen atoms in total. The van der Waals surface area contributed by atoms with Crippen LogP contribution in [0.1, 0.15) is 29.6 Å². The van der Waals surface area contributed by atoms with Crippen molar-refractivity contribution >= 4 is 11.6 Å². The standard InChI is InChI=1S/C23H25N3O5/c1-28-17-7-4-15(5-8-17)6-11-21-24-23(25-31-21)16-12-22(27)26(14-16)19-13-18(29-2)9-10-20(19)30-3/h4-5,7-10,13,16H,6,11-12,14H2,1-3H3. The number of hydrogen-bond donors (Lipinski definition) is 0. The summed E-state index contributed by atoms with van der Waals surface area (Å²) in [5.41, 5.74) is 1.84. The summed E-state index contributed by atoms with van der Waals surface area (Å²) in [6, 6.07) is 13.3. The zero-order chi connectivity index (χ0) is 21.8. The van der Waals surface area contributed by atoms with Crippen LogP contribution in [0.2, 0.25) is 0 Å². The molecule has 1 fully saturated rings. The van der Waals surface area contributed by atoms with Gasteiger partial charge in [0.25, 0.3) is 0 Å². The first-order chi connectivity index (χ1) is 15.1. The number of methoxy groups -OCH3 is 3. The van der Waals surface area contributed by atoms with Gasteiger partial charge in [0.1, 0.15) is 17.2 Å². The highest BCUT2D eigenvalue weighted by Gasteiger charge is 2.36. The molecular weight excluding hydrogens is 398 g/mol. The maximum Gasteiger partial charge on any atom is 0.227 e. The van der Waals surface area contributed by atoms with E-state index in [9.17, 15) is 4.79 Å². The maximum absolute atomic E-state index is 12.7. The van der Waals surface area contributed by atoms with Crippen molar-refractivity contribution in [3.8, 4) is 17.2 Å². The van der Waals surface area contributed by atoms with Crippen LogP contribution in [0.15, 0.2) is 47.0 Å². The van der Waals surface area contributed by atoms with Crippen LogP contribution in [0.4, 0.5) is 5.69 Å². The molecule has 0 spiro atoms. The normalized spacial score (nSPS) is 15.9. The average molecular weight is 423 g/mol. The predicted octanol–water partition coefficient (Wildman–Crippen LogP) is 3.40. The molecule has 2 aromatic carbocycles. The molecule has 0 bridgehead atoms. The van der Waals surface area contributed by atoms with Gasteiger partial charge < -0.3 is 23.6 Å². The van der Waals surface area contributed by atoms with Crippen molar-refractivity contribution in [1.82, 2.24) is 10.1 Å². The Morgan fingerprint density at radius 2 is 1.74 bits per heavy atom. The lowest BCUT2D eigenvalue weighted by Crippen LogP contribution is -2.25. The summed E-state index contributed by atoms with van der Waals surface area (Å²) in [5.74, 6) is 3.07. The van der Waals surface area contributed by atoms with Crippen molar-refractivity contribution in [1.29, 1.82) is 0 Å². The number of aromatic nitrogens is 2. The first-order valence-electron chi connectivity index (χ1n) is 10.1.